The molecule has 2 aromatic heterocycles. The summed E-state index contributed by atoms with van der Waals surface area (Å²) in [4.78, 5) is 10.3. The molecule has 11 heteroatoms. The van der Waals surface area contributed by atoms with Gasteiger partial charge in [-0.2, -0.15) is 4.31 Å². The summed E-state index contributed by atoms with van der Waals surface area (Å²) in [5.74, 6) is 0.187. The smallest absolute Gasteiger partial charge is 0.233 e. The molecule has 178 valence electrons. The number of nitrogens with one attached hydrogen (secondary N) is 1. The minimum absolute atomic E-state index is 0.187. The standard InChI is InChI=1S/C22H28N4O3S4/c1-25(11-13-33(3,28)29)10-9-17-15-23-22(31-17)18-14-16-6-4-7-19(21(16)24-18)26(2)32(27)20-8-5-12-30-20/h4-8,12,14,17,24H,9-11,13,15H2,1-3H3. The third kappa shape index (κ3) is 6.14. The minimum Gasteiger partial charge on any atom is -0.587 e. The summed E-state index contributed by atoms with van der Waals surface area (Å²) in [5, 5.41) is 4.36. The van der Waals surface area contributed by atoms with Crippen LogP contribution in [0.5, 0.6) is 0 Å². The number of thioether (sulfide) groups is 1. The molecule has 0 spiro atoms. The number of anilines is 1. The summed E-state index contributed by atoms with van der Waals surface area (Å²) < 4.78 is 38.3. The van der Waals surface area contributed by atoms with Gasteiger partial charge in [0.25, 0.3) is 0 Å². The number of benzene rings is 1. The molecule has 0 radical (unpaired) electrons. The first-order chi connectivity index (χ1) is 15.7. The van der Waals surface area contributed by atoms with E-state index in [4.69, 9.17) is 4.99 Å². The van der Waals surface area contributed by atoms with Crippen molar-refractivity contribution < 1.29 is 13.0 Å². The van der Waals surface area contributed by atoms with Gasteiger partial charge in [-0.25, -0.2) is 8.42 Å². The van der Waals surface area contributed by atoms with Crippen LogP contribution in [0.1, 0.15) is 12.1 Å². The Morgan fingerprint density at radius 3 is 2.79 bits per heavy atom. The van der Waals surface area contributed by atoms with Gasteiger partial charge in [-0.15, -0.1) is 0 Å². The number of hydrogen-bond donors (Lipinski definition) is 1. The molecule has 0 aliphatic carbocycles. The third-order valence-electron chi connectivity index (χ3n) is 5.51. The summed E-state index contributed by atoms with van der Waals surface area (Å²) in [7, 11) is 0.873. The lowest BCUT2D eigenvalue weighted by molar-refractivity contribution is 0.347. The lowest BCUT2D eigenvalue weighted by Crippen LogP contribution is -2.28. The lowest BCUT2D eigenvalue weighted by atomic mass is 10.2. The Morgan fingerprint density at radius 2 is 2.06 bits per heavy atom. The number of para-hydroxylation sites is 1. The van der Waals surface area contributed by atoms with Crippen LogP contribution in [0.15, 0.2) is 51.0 Å². The molecule has 33 heavy (non-hydrogen) atoms. The SMILES string of the molecule is CN(CCC1CN=C(c2cc3cccc(N(C)[S+]([O-])c4cccs4)c3[nH]2)S1)CCS(C)(=O)=O. The van der Waals surface area contributed by atoms with Gasteiger partial charge in [-0.05, 0) is 43.6 Å². The lowest BCUT2D eigenvalue weighted by Gasteiger charge is -2.20. The van der Waals surface area contributed by atoms with E-state index >= 15 is 0 Å². The predicted octanol–water partition coefficient (Wildman–Crippen LogP) is 3.62. The van der Waals surface area contributed by atoms with Crippen LogP contribution in [-0.2, 0) is 21.2 Å². The Bertz CT molecular complexity index is 1220. The molecule has 7 nitrogen and oxygen atoms in total. The van der Waals surface area contributed by atoms with Crippen molar-refractivity contribution in [1.29, 1.82) is 0 Å². The number of rotatable bonds is 10. The van der Waals surface area contributed by atoms with Crippen molar-refractivity contribution in [1.82, 2.24) is 9.88 Å². The van der Waals surface area contributed by atoms with E-state index in [0.29, 0.717) is 11.8 Å². The number of aromatic amines is 1. The number of aliphatic imine (C=N–C) groups is 1. The normalized spacial score (nSPS) is 17.6. The molecule has 0 bridgehead atoms. The maximum atomic E-state index is 13.0. The van der Waals surface area contributed by atoms with E-state index in [2.05, 4.69) is 22.0 Å². The fourth-order valence-electron chi connectivity index (χ4n) is 3.62. The quantitative estimate of drug-likeness (QED) is 0.408. The van der Waals surface area contributed by atoms with Crippen molar-refractivity contribution >= 4 is 65.9 Å². The van der Waals surface area contributed by atoms with E-state index in [0.717, 1.165) is 51.0 Å². The summed E-state index contributed by atoms with van der Waals surface area (Å²) in [6, 6.07) is 11.9. The van der Waals surface area contributed by atoms with E-state index in [1.54, 1.807) is 16.1 Å². The number of thiophene rings is 1. The Balaban J connectivity index is 1.41. The maximum absolute atomic E-state index is 13.0. The Labute approximate surface area is 206 Å². The molecule has 3 aromatic rings. The third-order valence-corrected chi connectivity index (χ3v) is 10.3. The van der Waals surface area contributed by atoms with Crippen LogP contribution in [0.25, 0.3) is 10.9 Å². The van der Waals surface area contributed by atoms with Crippen LogP contribution in [0.2, 0.25) is 0 Å². The second kappa shape index (κ2) is 10.4. The van der Waals surface area contributed by atoms with Crippen LogP contribution < -0.4 is 4.31 Å². The predicted molar refractivity (Wildman–Crippen MR) is 142 cm³/mol. The number of hydrogen-bond acceptors (Lipinski definition) is 8. The zero-order chi connectivity index (χ0) is 23.6. The largest absolute Gasteiger partial charge is 0.587 e. The van der Waals surface area contributed by atoms with Crippen LogP contribution in [0, 0.1) is 0 Å². The maximum Gasteiger partial charge on any atom is 0.233 e. The second-order valence-electron chi connectivity index (χ2n) is 8.21. The molecular formula is C22H28N4O3S4. The minimum atomic E-state index is -2.94. The number of H-pyrrole nitrogens is 1. The summed E-state index contributed by atoms with van der Waals surface area (Å²) in [6.45, 7) is 2.14. The fraction of sp³-hybridized carbons (Fsp3) is 0.409. The van der Waals surface area contributed by atoms with Gasteiger partial charge in [0.2, 0.25) is 4.21 Å². The zero-order valence-corrected chi connectivity index (χ0v) is 22.1. The molecule has 0 saturated carbocycles. The molecule has 1 aliphatic heterocycles. The second-order valence-corrected chi connectivity index (χ2v) is 14.5. The van der Waals surface area contributed by atoms with Crippen molar-refractivity contribution in [2.75, 3.05) is 50.0 Å². The van der Waals surface area contributed by atoms with Crippen LogP contribution in [0.3, 0.4) is 0 Å². The Kier molecular flexibility index (Phi) is 7.76. The number of fused-ring (bicyclic) bond motifs is 1. The first-order valence-electron chi connectivity index (χ1n) is 10.6. The van der Waals surface area contributed by atoms with Gasteiger partial charge < -0.3 is 14.4 Å². The Morgan fingerprint density at radius 1 is 1.24 bits per heavy atom. The highest BCUT2D eigenvalue weighted by Gasteiger charge is 2.25. The summed E-state index contributed by atoms with van der Waals surface area (Å²) in [5.41, 5.74) is 2.82. The van der Waals surface area contributed by atoms with Gasteiger partial charge in [0.15, 0.2) is 0 Å². The monoisotopic (exact) mass is 524 g/mol. The highest BCUT2D eigenvalue weighted by atomic mass is 32.2. The van der Waals surface area contributed by atoms with Crippen LogP contribution in [-0.4, -0.2) is 78.9 Å². The van der Waals surface area contributed by atoms with Crippen LogP contribution in [0.4, 0.5) is 5.69 Å². The van der Waals surface area contributed by atoms with Crippen molar-refractivity contribution in [2.45, 2.75) is 15.9 Å². The summed E-state index contributed by atoms with van der Waals surface area (Å²) >= 11 is 1.99. The van der Waals surface area contributed by atoms with E-state index in [-0.39, 0.29) is 5.75 Å². The molecule has 3 heterocycles. The first-order valence-corrected chi connectivity index (χ1v) is 15.5. The molecule has 1 aromatic carbocycles. The summed E-state index contributed by atoms with van der Waals surface area (Å²) in [6.07, 6.45) is 2.23. The molecule has 0 amide bonds. The van der Waals surface area contributed by atoms with Gasteiger partial charge in [-0.3, -0.25) is 4.99 Å². The molecule has 4 rings (SSSR count). The van der Waals surface area contributed by atoms with Gasteiger partial charge in [0.05, 0.1) is 30.6 Å². The molecular weight excluding hydrogens is 497 g/mol. The van der Waals surface area contributed by atoms with Crippen molar-refractivity contribution in [2.24, 2.45) is 4.99 Å². The fourth-order valence-corrected chi connectivity index (χ4v) is 7.41. The number of sulfone groups is 1. The van der Waals surface area contributed by atoms with Gasteiger partial charge >= 0.3 is 0 Å². The first kappa shape index (κ1) is 24.6. The van der Waals surface area contributed by atoms with E-state index in [9.17, 15) is 13.0 Å². The van der Waals surface area contributed by atoms with E-state index in [1.807, 2.05) is 43.7 Å². The number of aromatic nitrogens is 1. The molecule has 2 unspecified atom stereocenters. The van der Waals surface area contributed by atoms with Crippen molar-refractivity contribution in [3.05, 3.63) is 47.5 Å². The van der Waals surface area contributed by atoms with E-state index in [1.165, 1.54) is 17.6 Å². The Hall–Kier alpha value is -1.50. The van der Waals surface area contributed by atoms with Crippen molar-refractivity contribution in [3.63, 3.8) is 0 Å². The zero-order valence-electron chi connectivity index (χ0n) is 18.9. The molecule has 0 saturated heterocycles. The van der Waals surface area contributed by atoms with E-state index < -0.39 is 21.2 Å². The molecule has 1 N–H and O–H groups in total. The van der Waals surface area contributed by atoms with Gasteiger partial charge in [0.1, 0.15) is 31.9 Å². The number of nitrogens with zero attached hydrogens (tertiary/aromatic N) is 3. The molecule has 0 fully saturated rings. The van der Waals surface area contributed by atoms with Crippen LogP contribution >= 0.6 is 23.1 Å². The van der Waals surface area contributed by atoms with Crippen molar-refractivity contribution in [3.8, 4) is 0 Å². The average molecular weight is 525 g/mol. The highest BCUT2D eigenvalue weighted by molar-refractivity contribution is 8.15. The average Bonchev–Trinajstić information content (AvgIpc) is 3.54. The topological polar surface area (TPSA) is 91.8 Å². The molecule has 2 atom stereocenters. The van der Waals surface area contributed by atoms with Gasteiger partial charge in [0, 0.05) is 29.5 Å². The van der Waals surface area contributed by atoms with Gasteiger partial charge in [-0.1, -0.05) is 35.2 Å². The molecule has 1 aliphatic rings. The highest BCUT2D eigenvalue weighted by Crippen LogP contribution is 2.34.